The number of methoxy groups -OCH3 is 1. The van der Waals surface area contributed by atoms with E-state index >= 15 is 0 Å². The third-order valence-corrected chi connectivity index (χ3v) is 1.92. The topological polar surface area (TPSA) is 100 Å². The number of nitrogens with two attached hydrogens (primary N) is 2. The second kappa shape index (κ2) is 3.49. The van der Waals surface area contributed by atoms with E-state index in [4.69, 9.17) is 20.7 Å². The number of nitrogens with zero attached hydrogens (tertiary/aromatic N) is 2. The van der Waals surface area contributed by atoms with E-state index in [1.807, 2.05) is 0 Å². The molecule has 0 amide bonds. The molecule has 0 fully saturated rings. The lowest BCUT2D eigenvalue weighted by molar-refractivity contribution is 0.416. The minimum atomic E-state index is 0.0967. The first kappa shape index (κ1) is 9.32. The fraction of sp³-hybridized carbons (Fsp3) is 0.111. The second-order valence-electron chi connectivity index (χ2n) is 2.91. The fourth-order valence-electron chi connectivity index (χ4n) is 1.22. The van der Waals surface area contributed by atoms with Gasteiger partial charge in [0.25, 0.3) is 11.8 Å². The van der Waals surface area contributed by atoms with Gasteiger partial charge in [-0.2, -0.15) is 4.98 Å². The maximum atomic E-state index is 5.73. The van der Waals surface area contributed by atoms with E-state index in [0.717, 1.165) is 0 Å². The van der Waals surface area contributed by atoms with Crippen molar-refractivity contribution in [3.05, 3.63) is 18.2 Å². The first-order valence-electron chi connectivity index (χ1n) is 4.24. The zero-order valence-corrected chi connectivity index (χ0v) is 8.10. The highest BCUT2D eigenvalue weighted by molar-refractivity contribution is 5.65. The molecule has 0 saturated heterocycles. The van der Waals surface area contributed by atoms with Crippen molar-refractivity contribution >= 4 is 11.6 Å². The van der Waals surface area contributed by atoms with Crippen LogP contribution in [0, 0.1) is 0 Å². The predicted molar refractivity (Wildman–Crippen MR) is 55.1 cm³/mol. The summed E-state index contributed by atoms with van der Waals surface area (Å²) in [6.45, 7) is 0. The van der Waals surface area contributed by atoms with Crippen LogP contribution < -0.4 is 16.2 Å². The van der Waals surface area contributed by atoms with Crippen LogP contribution in [0.1, 0.15) is 0 Å². The lowest BCUT2D eigenvalue weighted by Gasteiger charge is -2.04. The van der Waals surface area contributed by atoms with Crippen LogP contribution in [0.4, 0.5) is 11.6 Å². The zero-order valence-electron chi connectivity index (χ0n) is 8.10. The molecule has 1 aromatic carbocycles. The number of nitrogen functional groups attached to an aromatic ring is 2. The number of ether oxygens (including phenoxy) is 1. The van der Waals surface area contributed by atoms with Crippen molar-refractivity contribution in [3.8, 4) is 17.2 Å². The Labute approximate surface area is 85.8 Å². The average Bonchev–Trinajstić information content (AvgIpc) is 2.65. The van der Waals surface area contributed by atoms with Crippen molar-refractivity contribution in [2.24, 2.45) is 0 Å². The normalized spacial score (nSPS) is 10.2. The molecule has 2 aromatic rings. The Bertz CT molecular complexity index is 481. The van der Waals surface area contributed by atoms with Gasteiger partial charge in [-0.05, 0) is 23.4 Å². The van der Waals surface area contributed by atoms with Gasteiger partial charge in [0.15, 0.2) is 0 Å². The monoisotopic (exact) mass is 206 g/mol. The molecular weight excluding hydrogens is 196 g/mol. The summed E-state index contributed by atoms with van der Waals surface area (Å²) in [6, 6.07) is 5.18. The van der Waals surface area contributed by atoms with Gasteiger partial charge in [-0.1, -0.05) is 0 Å². The number of rotatable bonds is 2. The van der Waals surface area contributed by atoms with Gasteiger partial charge in [-0.3, -0.25) is 0 Å². The third kappa shape index (κ3) is 1.69. The molecule has 0 spiro atoms. The number of anilines is 2. The SMILES string of the molecule is COc1ccc(-c2nc(N)no2)cc1N. The minimum Gasteiger partial charge on any atom is -0.495 e. The van der Waals surface area contributed by atoms with E-state index in [9.17, 15) is 0 Å². The summed E-state index contributed by atoms with van der Waals surface area (Å²) < 4.78 is 9.92. The summed E-state index contributed by atoms with van der Waals surface area (Å²) in [5.41, 5.74) is 12.3. The molecule has 0 saturated carbocycles. The Kier molecular flexibility index (Phi) is 2.17. The highest BCUT2D eigenvalue weighted by Crippen LogP contribution is 2.27. The summed E-state index contributed by atoms with van der Waals surface area (Å²) in [7, 11) is 1.55. The third-order valence-electron chi connectivity index (χ3n) is 1.92. The fourth-order valence-corrected chi connectivity index (χ4v) is 1.22. The van der Waals surface area contributed by atoms with E-state index in [1.165, 1.54) is 0 Å². The Morgan fingerprint density at radius 3 is 2.67 bits per heavy atom. The van der Waals surface area contributed by atoms with Gasteiger partial charge in [0.1, 0.15) is 5.75 Å². The van der Waals surface area contributed by atoms with E-state index in [-0.39, 0.29) is 5.95 Å². The molecule has 0 aliphatic carbocycles. The lowest BCUT2D eigenvalue weighted by atomic mass is 10.2. The number of aromatic nitrogens is 2. The van der Waals surface area contributed by atoms with Gasteiger partial charge >= 0.3 is 0 Å². The van der Waals surface area contributed by atoms with Crippen molar-refractivity contribution in [1.29, 1.82) is 0 Å². The van der Waals surface area contributed by atoms with Crippen molar-refractivity contribution in [3.63, 3.8) is 0 Å². The highest BCUT2D eigenvalue weighted by atomic mass is 16.5. The molecule has 0 aliphatic rings. The maximum Gasteiger partial charge on any atom is 0.261 e. The van der Waals surface area contributed by atoms with Crippen molar-refractivity contribution in [1.82, 2.24) is 10.1 Å². The van der Waals surface area contributed by atoms with Crippen LogP contribution in [-0.2, 0) is 0 Å². The Morgan fingerprint density at radius 2 is 2.13 bits per heavy atom. The molecule has 1 aromatic heterocycles. The van der Waals surface area contributed by atoms with Crippen molar-refractivity contribution in [2.75, 3.05) is 18.6 Å². The first-order chi connectivity index (χ1) is 7.20. The molecule has 0 unspecified atom stereocenters. The van der Waals surface area contributed by atoms with Gasteiger partial charge in [0.05, 0.1) is 12.8 Å². The van der Waals surface area contributed by atoms with Gasteiger partial charge in [0, 0.05) is 5.56 Å². The highest BCUT2D eigenvalue weighted by Gasteiger charge is 2.08. The first-order valence-corrected chi connectivity index (χ1v) is 4.24. The second-order valence-corrected chi connectivity index (χ2v) is 2.91. The molecule has 4 N–H and O–H groups in total. The molecule has 6 nitrogen and oxygen atoms in total. The summed E-state index contributed by atoms with van der Waals surface area (Å²) in [5, 5.41) is 3.48. The van der Waals surface area contributed by atoms with Gasteiger partial charge in [0.2, 0.25) is 0 Å². The number of benzene rings is 1. The maximum absolute atomic E-state index is 5.73. The lowest BCUT2D eigenvalue weighted by Crippen LogP contribution is -1.92. The quantitative estimate of drug-likeness (QED) is 0.708. The van der Waals surface area contributed by atoms with Crippen LogP contribution in [0.15, 0.2) is 22.7 Å². The summed E-state index contributed by atoms with van der Waals surface area (Å²) in [6.07, 6.45) is 0. The number of hydrogen-bond donors (Lipinski definition) is 2. The predicted octanol–water partition coefficient (Wildman–Crippen LogP) is 0.910. The molecule has 0 bridgehead atoms. The van der Waals surface area contributed by atoms with E-state index in [2.05, 4.69) is 10.1 Å². The van der Waals surface area contributed by atoms with Crippen LogP contribution in [0.25, 0.3) is 11.5 Å². The molecule has 6 heteroatoms. The molecule has 0 radical (unpaired) electrons. The van der Waals surface area contributed by atoms with Crippen LogP contribution in [0.3, 0.4) is 0 Å². The van der Waals surface area contributed by atoms with Crippen LogP contribution in [0.2, 0.25) is 0 Å². The van der Waals surface area contributed by atoms with Crippen LogP contribution in [0.5, 0.6) is 5.75 Å². The Morgan fingerprint density at radius 1 is 1.33 bits per heavy atom. The van der Waals surface area contributed by atoms with Crippen molar-refractivity contribution in [2.45, 2.75) is 0 Å². The summed E-state index contributed by atoms with van der Waals surface area (Å²) in [5.74, 6) is 1.03. The summed E-state index contributed by atoms with van der Waals surface area (Å²) >= 11 is 0. The largest absolute Gasteiger partial charge is 0.495 e. The van der Waals surface area contributed by atoms with Gasteiger partial charge < -0.3 is 20.7 Å². The van der Waals surface area contributed by atoms with E-state index in [0.29, 0.717) is 22.9 Å². The Balaban J connectivity index is 2.42. The van der Waals surface area contributed by atoms with Crippen molar-refractivity contribution < 1.29 is 9.26 Å². The smallest absolute Gasteiger partial charge is 0.261 e. The summed E-state index contributed by atoms with van der Waals surface area (Å²) in [4.78, 5) is 3.88. The standard InChI is InChI=1S/C9H10N4O2/c1-14-7-3-2-5(4-6(7)10)8-12-9(11)13-15-8/h2-4H,10H2,1H3,(H2,11,13). The molecule has 2 rings (SSSR count). The van der Waals surface area contributed by atoms with Gasteiger partial charge in [-0.15, -0.1) is 0 Å². The van der Waals surface area contributed by atoms with Crippen LogP contribution in [-0.4, -0.2) is 17.3 Å². The van der Waals surface area contributed by atoms with Gasteiger partial charge in [-0.25, -0.2) is 0 Å². The van der Waals surface area contributed by atoms with E-state index < -0.39 is 0 Å². The Hall–Kier alpha value is -2.24. The molecule has 78 valence electrons. The molecule has 1 heterocycles. The average molecular weight is 206 g/mol. The molecule has 0 aliphatic heterocycles. The number of hydrogen-bond acceptors (Lipinski definition) is 6. The molecular formula is C9H10N4O2. The molecule has 0 atom stereocenters. The van der Waals surface area contributed by atoms with Crippen LogP contribution >= 0.6 is 0 Å². The zero-order chi connectivity index (χ0) is 10.8. The van der Waals surface area contributed by atoms with E-state index in [1.54, 1.807) is 25.3 Å². The minimum absolute atomic E-state index is 0.0967. The molecule has 15 heavy (non-hydrogen) atoms.